The van der Waals surface area contributed by atoms with Crippen molar-refractivity contribution in [1.82, 2.24) is 0 Å². The molecule has 0 fully saturated rings. The van der Waals surface area contributed by atoms with Gasteiger partial charge in [-0.2, -0.15) is 0 Å². The molecule has 0 aliphatic carbocycles. The third-order valence-corrected chi connectivity index (χ3v) is 46.3. The second-order valence-corrected chi connectivity index (χ2v) is 58.4. The van der Waals surface area contributed by atoms with Crippen molar-refractivity contribution in [3.8, 4) is 31.5 Å². The van der Waals surface area contributed by atoms with Crippen LogP contribution in [0, 0.1) is 11.8 Å². The van der Waals surface area contributed by atoms with Crippen molar-refractivity contribution in [2.75, 3.05) is 13.2 Å². The normalized spacial score (nSPS) is 13.2. The summed E-state index contributed by atoms with van der Waals surface area (Å²) in [6, 6.07) is 14.9. The van der Waals surface area contributed by atoms with Gasteiger partial charge in [-0.1, -0.05) is 53.4 Å². The molecule has 0 aliphatic rings. The topological polar surface area (TPSA) is 18.5 Å². The number of benzene rings is 1. The standard InChI is InChI=1S/C48H76O2Se2.6CH3.2Sn/c1-5-9-13-17-19-23-29-41(27-21-15-11-7-3)33-35-49-45-39-44(48-32-26-38-52-48)46(40-43(45)47-31-25-37-51-47)50-36-34-42(28-22-16-12-8-4)30-24-20-18-14-10-6-2;;;;;;;;/h25-26,31-32,39-42H,5-24,27-30,33-36H2,1-4H3;6*1H3;;. The van der Waals surface area contributed by atoms with E-state index in [1.165, 1.54) is 187 Å². The zero-order valence-corrected chi connectivity index (χ0v) is 50.2. The van der Waals surface area contributed by atoms with Gasteiger partial charge in [0.15, 0.2) is 0 Å². The maximum absolute atomic E-state index is 7.11. The second kappa shape index (κ2) is 31.4. The van der Waals surface area contributed by atoms with E-state index in [9.17, 15) is 0 Å². The van der Waals surface area contributed by atoms with Crippen LogP contribution in [0.25, 0.3) is 20.0 Å². The van der Waals surface area contributed by atoms with E-state index >= 15 is 0 Å². The van der Waals surface area contributed by atoms with E-state index in [1.54, 1.807) is 4.91 Å². The molecule has 3 aromatic rings. The summed E-state index contributed by atoms with van der Waals surface area (Å²) < 4.78 is 20.8. The number of hydrogen-bond donors (Lipinski definition) is 0. The fraction of sp³-hybridized carbons (Fsp3) is 0.741. The van der Waals surface area contributed by atoms with E-state index in [2.05, 4.69) is 93.7 Å². The summed E-state index contributed by atoms with van der Waals surface area (Å²) in [4.78, 5) is 15.5. The first-order chi connectivity index (χ1) is 28.9. The van der Waals surface area contributed by atoms with Crippen LogP contribution in [0.15, 0.2) is 36.4 Å². The molecule has 342 valence electrons. The molecule has 0 N–H and O–H groups in total. The van der Waals surface area contributed by atoms with Gasteiger partial charge >= 0.3 is 344 Å². The van der Waals surface area contributed by atoms with Gasteiger partial charge in [0.2, 0.25) is 0 Å². The zero-order chi connectivity index (χ0) is 43.6. The van der Waals surface area contributed by atoms with Gasteiger partial charge in [0.25, 0.3) is 0 Å². The molecule has 3 rings (SSSR count). The third kappa shape index (κ3) is 21.6. The van der Waals surface area contributed by atoms with Gasteiger partial charge in [-0.15, -0.1) is 0 Å². The molecule has 0 bridgehead atoms. The maximum atomic E-state index is 7.11. The summed E-state index contributed by atoms with van der Waals surface area (Å²) in [5.41, 5.74) is 2.65. The Morgan fingerprint density at radius 2 is 0.700 bits per heavy atom. The molecule has 2 nitrogen and oxygen atoms in total. The van der Waals surface area contributed by atoms with Crippen molar-refractivity contribution in [1.29, 1.82) is 0 Å². The average molecular weight is 1170 g/mol. The zero-order valence-electron chi connectivity index (χ0n) is 41.1. The van der Waals surface area contributed by atoms with Crippen LogP contribution in [0.5, 0.6) is 11.5 Å². The molecule has 0 aliphatic heterocycles. The van der Waals surface area contributed by atoms with Crippen molar-refractivity contribution in [2.45, 2.75) is 224 Å². The first-order valence-corrected chi connectivity index (χ1v) is 49.0. The molecule has 1 aromatic carbocycles. The SMILES string of the molecule is CCCCCCCCC(CCCCCC)CCOc1cc(-c2cc[c]([Sn]([CH3])([CH3])[CH3])[se]2)c(OCCC(CCCCCC)CCCCCCCC)cc1-c1cc[c]([Sn]([CH3])([CH3])[CH3])[se]1. The van der Waals surface area contributed by atoms with E-state index in [0.29, 0.717) is 29.0 Å². The molecule has 0 amide bonds. The minimum absolute atomic E-state index is 0.373. The summed E-state index contributed by atoms with van der Waals surface area (Å²) in [5.74, 6) is 3.79. The second-order valence-electron chi connectivity index (χ2n) is 20.5. The van der Waals surface area contributed by atoms with Gasteiger partial charge < -0.3 is 0 Å². The van der Waals surface area contributed by atoms with Gasteiger partial charge in [-0.3, -0.25) is 0 Å². The Hall–Kier alpha value is 0.416. The van der Waals surface area contributed by atoms with Crippen molar-refractivity contribution in [3.63, 3.8) is 0 Å². The summed E-state index contributed by atoms with van der Waals surface area (Å²) >= 11 is -3.63. The van der Waals surface area contributed by atoms with Crippen molar-refractivity contribution >= 4 is 70.7 Å². The van der Waals surface area contributed by atoms with Crippen LogP contribution < -0.4 is 14.4 Å². The molecule has 2 unspecified atom stereocenters. The Morgan fingerprint density at radius 1 is 0.400 bits per heavy atom. The van der Waals surface area contributed by atoms with Gasteiger partial charge in [0.1, 0.15) is 0 Å². The number of hydrogen-bond acceptors (Lipinski definition) is 2. The summed E-state index contributed by atoms with van der Waals surface area (Å²) in [6.07, 6.45) is 35.4. The predicted octanol–water partition coefficient (Wildman–Crippen LogP) is 16.4. The summed E-state index contributed by atoms with van der Waals surface area (Å²) in [5, 5.41) is 0. The van der Waals surface area contributed by atoms with E-state index in [1.807, 2.05) is 0 Å². The average Bonchev–Trinajstić information content (AvgIpc) is 3.92. The van der Waals surface area contributed by atoms with Crippen LogP contribution in [-0.2, 0) is 0 Å². The van der Waals surface area contributed by atoms with Crippen molar-refractivity contribution in [2.24, 2.45) is 11.8 Å². The Kier molecular flexibility index (Phi) is 28.6. The van der Waals surface area contributed by atoms with Crippen LogP contribution in [0.4, 0.5) is 0 Å². The minimum atomic E-state index is -2.19. The molecule has 0 radical (unpaired) electrons. The monoisotopic (exact) mass is 1170 g/mol. The van der Waals surface area contributed by atoms with Crippen LogP contribution >= 0.6 is 0 Å². The molecule has 0 spiro atoms. The number of ether oxygens (including phenoxy) is 2. The predicted molar refractivity (Wildman–Crippen MR) is 278 cm³/mol. The summed E-state index contributed by atoms with van der Waals surface area (Å²) in [6.45, 7) is 11.0. The first-order valence-electron chi connectivity index (χ1n) is 25.6. The molecule has 2 atom stereocenters. The van der Waals surface area contributed by atoms with Crippen LogP contribution in [0.3, 0.4) is 0 Å². The van der Waals surface area contributed by atoms with Gasteiger partial charge in [0.05, 0.1) is 0 Å². The quantitative estimate of drug-likeness (QED) is 0.0427. The Balaban J connectivity index is 1.94. The Morgan fingerprint density at radius 3 is 1.00 bits per heavy atom. The van der Waals surface area contributed by atoms with Crippen LogP contribution in [0.2, 0.25) is 29.6 Å². The molecule has 0 saturated carbocycles. The fourth-order valence-electron chi connectivity index (χ4n) is 8.64. The molecule has 2 aromatic heterocycles. The van der Waals surface area contributed by atoms with Gasteiger partial charge in [-0.05, 0) is 0 Å². The van der Waals surface area contributed by atoms with Crippen LogP contribution in [0.1, 0.15) is 195 Å². The molecule has 60 heavy (non-hydrogen) atoms. The molecule has 6 heteroatoms. The molecular formula is C54H94O2Se2Sn2. The van der Waals surface area contributed by atoms with Crippen molar-refractivity contribution in [3.05, 3.63) is 36.4 Å². The van der Waals surface area contributed by atoms with Crippen LogP contribution in [-0.4, -0.2) is 79.0 Å². The molecular weight excluding hydrogens is 1080 g/mol. The van der Waals surface area contributed by atoms with Gasteiger partial charge in [0, 0.05) is 0 Å². The Labute approximate surface area is 393 Å². The Bertz CT molecular complexity index is 1410. The fourth-order valence-corrected chi connectivity index (χ4v) is 28.9. The first kappa shape index (κ1) is 54.7. The summed E-state index contributed by atoms with van der Waals surface area (Å²) in [7, 11) is 0. The number of rotatable bonds is 36. The van der Waals surface area contributed by atoms with E-state index in [4.69, 9.17) is 9.47 Å². The third-order valence-electron chi connectivity index (χ3n) is 12.7. The van der Waals surface area contributed by atoms with Crippen molar-refractivity contribution < 1.29 is 9.47 Å². The van der Waals surface area contributed by atoms with E-state index in [0.717, 1.165) is 36.5 Å². The van der Waals surface area contributed by atoms with E-state index in [-0.39, 0.29) is 0 Å². The van der Waals surface area contributed by atoms with Gasteiger partial charge in [-0.25, -0.2) is 0 Å². The number of unbranched alkanes of at least 4 members (excludes halogenated alkanes) is 16. The van der Waals surface area contributed by atoms with E-state index < -0.39 is 36.8 Å². The molecule has 2 heterocycles. The molecule has 0 saturated heterocycles.